The van der Waals surface area contributed by atoms with Crippen LogP contribution in [0.25, 0.3) is 21.8 Å². The second-order valence-electron chi connectivity index (χ2n) is 12.2. The molecule has 12 nitrogen and oxygen atoms in total. The molecule has 0 amide bonds. The Labute approximate surface area is 288 Å². The van der Waals surface area contributed by atoms with Gasteiger partial charge >= 0.3 is 23.9 Å². The molecule has 1 N–H and O–H groups in total. The summed E-state index contributed by atoms with van der Waals surface area (Å²) in [7, 11) is 0.471. The highest BCUT2D eigenvalue weighted by atomic mass is 32.2. The van der Waals surface area contributed by atoms with Crippen LogP contribution in [0.2, 0.25) is 0 Å². The lowest BCUT2D eigenvalue weighted by Crippen LogP contribution is -2.39. The van der Waals surface area contributed by atoms with Crippen molar-refractivity contribution in [2.75, 3.05) is 28.4 Å². The maximum absolute atomic E-state index is 14.2. The van der Waals surface area contributed by atoms with Crippen LogP contribution in [-0.4, -0.2) is 69.7 Å². The predicted molar refractivity (Wildman–Crippen MR) is 182 cm³/mol. The van der Waals surface area contributed by atoms with Gasteiger partial charge in [-0.15, -0.1) is 0 Å². The van der Waals surface area contributed by atoms with E-state index in [4.69, 9.17) is 18.9 Å². The fourth-order valence-electron chi connectivity index (χ4n) is 7.45. The van der Waals surface area contributed by atoms with Crippen LogP contribution < -0.4 is 0 Å². The largest absolute Gasteiger partial charge is 0.468 e. The van der Waals surface area contributed by atoms with E-state index in [1.54, 1.807) is 36.4 Å². The SMILES string of the molecule is COC(=O)C(C[C@H]1c2c([nH]c3ccccc23)[C@H](c2cn(S(=O)(=O)c3ccc(C)cc3)c3ccccc23)[C@H]1C(C(=O)OC)C(=O)OC)C(=O)OC. The fraction of sp³-hybridized carbons (Fsp3) is 0.297. The molecule has 1 aliphatic rings. The van der Waals surface area contributed by atoms with Gasteiger partial charge in [0.15, 0.2) is 11.8 Å². The number of nitrogens with one attached hydrogen (secondary N) is 1. The molecule has 0 saturated carbocycles. The number of H-pyrrole nitrogens is 1. The molecule has 0 unspecified atom stereocenters. The Hall–Kier alpha value is -5.43. The van der Waals surface area contributed by atoms with E-state index in [9.17, 15) is 27.6 Å². The van der Waals surface area contributed by atoms with Gasteiger partial charge < -0.3 is 23.9 Å². The van der Waals surface area contributed by atoms with Gasteiger partial charge in [0.1, 0.15) is 0 Å². The highest BCUT2D eigenvalue weighted by Gasteiger charge is 2.55. The van der Waals surface area contributed by atoms with Gasteiger partial charge in [-0.2, -0.15) is 0 Å². The molecule has 260 valence electrons. The van der Waals surface area contributed by atoms with Crippen molar-refractivity contribution in [3.8, 4) is 0 Å². The number of rotatable bonds is 10. The number of esters is 4. The quantitative estimate of drug-likeness (QED) is 0.121. The lowest BCUT2D eigenvalue weighted by molar-refractivity contribution is -0.162. The first kappa shape index (κ1) is 34.4. The smallest absolute Gasteiger partial charge is 0.320 e. The molecule has 2 heterocycles. The molecule has 0 fully saturated rings. The summed E-state index contributed by atoms with van der Waals surface area (Å²) in [5, 5.41) is 1.28. The van der Waals surface area contributed by atoms with Crippen LogP contribution in [0.15, 0.2) is 83.9 Å². The zero-order chi connectivity index (χ0) is 35.9. The first-order valence-electron chi connectivity index (χ1n) is 15.8. The molecule has 6 rings (SSSR count). The van der Waals surface area contributed by atoms with Crippen molar-refractivity contribution in [1.82, 2.24) is 8.96 Å². The number of aryl methyl sites for hydroxylation is 1. The van der Waals surface area contributed by atoms with Gasteiger partial charge in [0, 0.05) is 40.0 Å². The van der Waals surface area contributed by atoms with Gasteiger partial charge in [0.2, 0.25) is 0 Å². The molecule has 2 aromatic heterocycles. The molecule has 0 radical (unpaired) electrons. The summed E-state index contributed by atoms with van der Waals surface area (Å²) in [5.41, 5.74) is 3.72. The van der Waals surface area contributed by atoms with Crippen LogP contribution >= 0.6 is 0 Å². The lowest BCUT2D eigenvalue weighted by Gasteiger charge is -2.31. The number of ether oxygens (including phenoxy) is 4. The van der Waals surface area contributed by atoms with Crippen molar-refractivity contribution in [2.45, 2.75) is 30.1 Å². The van der Waals surface area contributed by atoms with Gasteiger partial charge in [-0.25, -0.2) is 12.4 Å². The van der Waals surface area contributed by atoms with E-state index < -0.39 is 63.5 Å². The van der Waals surface area contributed by atoms with Crippen LogP contribution in [0.4, 0.5) is 0 Å². The Morgan fingerprint density at radius 3 is 1.92 bits per heavy atom. The zero-order valence-corrected chi connectivity index (χ0v) is 28.9. The van der Waals surface area contributed by atoms with Crippen LogP contribution in [-0.2, 0) is 48.1 Å². The summed E-state index contributed by atoms with van der Waals surface area (Å²) in [5.74, 6) is -9.19. The maximum Gasteiger partial charge on any atom is 0.320 e. The molecule has 50 heavy (non-hydrogen) atoms. The first-order chi connectivity index (χ1) is 24.0. The summed E-state index contributed by atoms with van der Waals surface area (Å²) in [6, 6.07) is 20.8. The Morgan fingerprint density at radius 1 is 0.760 bits per heavy atom. The fourth-order valence-corrected chi connectivity index (χ4v) is 8.82. The molecule has 3 aromatic carbocycles. The average Bonchev–Trinajstić information content (AvgIpc) is 3.79. The second kappa shape index (κ2) is 13.5. The Kier molecular flexibility index (Phi) is 9.27. The Balaban J connectivity index is 1.68. The van der Waals surface area contributed by atoms with Crippen molar-refractivity contribution in [1.29, 1.82) is 0 Å². The monoisotopic (exact) mass is 700 g/mol. The summed E-state index contributed by atoms with van der Waals surface area (Å²) >= 11 is 0. The van der Waals surface area contributed by atoms with E-state index in [0.717, 1.165) is 44.9 Å². The average molecular weight is 701 g/mol. The van der Waals surface area contributed by atoms with Gasteiger partial charge in [0.05, 0.1) is 38.9 Å². The van der Waals surface area contributed by atoms with E-state index in [1.807, 2.05) is 31.2 Å². The second-order valence-corrected chi connectivity index (χ2v) is 14.0. The zero-order valence-electron chi connectivity index (χ0n) is 28.0. The van der Waals surface area contributed by atoms with Crippen molar-refractivity contribution in [3.05, 3.63) is 101 Å². The van der Waals surface area contributed by atoms with E-state index >= 15 is 0 Å². The number of nitrogens with zero attached hydrogens (tertiary/aromatic N) is 1. The standard InChI is InChI=1S/C37H36N2O10S/c1-20-14-16-21(17-15-20)50(44,45)39-19-26(22-10-7-9-13-28(22)39)31-30(32(36(42)48-4)37(43)49-5)24(18-25(34(40)46-2)35(41)47-3)29-23-11-6-8-12-27(23)38-33(29)31/h6-17,19,24-25,30-32,38H,18H2,1-5H3/t24-,30-,31+/m0/s1. The minimum absolute atomic E-state index is 0.0727. The van der Waals surface area contributed by atoms with Gasteiger partial charge in [-0.1, -0.05) is 54.1 Å². The molecular formula is C37H36N2O10S. The van der Waals surface area contributed by atoms with Crippen molar-refractivity contribution >= 4 is 55.7 Å². The number of fused-ring (bicyclic) bond motifs is 4. The topological polar surface area (TPSA) is 160 Å². The minimum atomic E-state index is -4.13. The number of hydrogen-bond acceptors (Lipinski definition) is 10. The highest BCUT2D eigenvalue weighted by molar-refractivity contribution is 7.90. The van der Waals surface area contributed by atoms with Crippen molar-refractivity contribution < 1.29 is 46.5 Å². The molecule has 5 aromatic rings. The molecule has 3 atom stereocenters. The first-order valence-corrected chi connectivity index (χ1v) is 17.3. The van der Waals surface area contributed by atoms with Crippen LogP contribution in [0.1, 0.15) is 40.6 Å². The van der Waals surface area contributed by atoms with Crippen LogP contribution in [0, 0.1) is 24.7 Å². The summed E-state index contributed by atoms with van der Waals surface area (Å²) < 4.78 is 50.0. The Morgan fingerprint density at radius 2 is 1.32 bits per heavy atom. The molecule has 0 bridgehead atoms. The summed E-state index contributed by atoms with van der Waals surface area (Å²) in [6.45, 7) is 1.86. The predicted octanol–water partition coefficient (Wildman–Crippen LogP) is 4.83. The molecular weight excluding hydrogens is 664 g/mol. The summed E-state index contributed by atoms with van der Waals surface area (Å²) in [4.78, 5) is 57.0. The molecule has 0 aliphatic heterocycles. The van der Waals surface area contributed by atoms with Crippen LogP contribution in [0.5, 0.6) is 0 Å². The molecule has 0 spiro atoms. The number of carbonyl (C=O) groups is 4. The lowest BCUT2D eigenvalue weighted by atomic mass is 9.71. The maximum atomic E-state index is 14.2. The van der Waals surface area contributed by atoms with Crippen molar-refractivity contribution in [3.63, 3.8) is 0 Å². The molecule has 0 saturated heterocycles. The number of carbonyl (C=O) groups excluding carboxylic acids is 4. The normalized spacial score (nSPS) is 17.2. The molecule has 1 aliphatic carbocycles. The van der Waals surface area contributed by atoms with Gasteiger partial charge in [-0.3, -0.25) is 19.2 Å². The number of para-hydroxylation sites is 2. The number of aromatic amines is 1. The molecule has 13 heteroatoms. The van der Waals surface area contributed by atoms with E-state index in [-0.39, 0.29) is 11.3 Å². The highest BCUT2D eigenvalue weighted by Crippen LogP contribution is 2.58. The minimum Gasteiger partial charge on any atom is -0.468 e. The van der Waals surface area contributed by atoms with Gasteiger partial charge in [0.25, 0.3) is 10.0 Å². The number of aromatic nitrogens is 2. The van der Waals surface area contributed by atoms with Gasteiger partial charge in [-0.05, 0) is 54.7 Å². The van der Waals surface area contributed by atoms with Crippen LogP contribution in [0.3, 0.4) is 0 Å². The number of methoxy groups -OCH3 is 4. The van der Waals surface area contributed by atoms with Crippen molar-refractivity contribution in [2.24, 2.45) is 17.8 Å². The number of benzene rings is 3. The number of hydrogen-bond donors (Lipinski definition) is 1. The Bertz CT molecular complexity index is 2200. The van der Waals surface area contributed by atoms with E-state index in [0.29, 0.717) is 27.7 Å². The van der Waals surface area contributed by atoms with E-state index in [2.05, 4.69) is 4.98 Å². The third-order valence-electron chi connectivity index (χ3n) is 9.69. The summed E-state index contributed by atoms with van der Waals surface area (Å²) in [6.07, 6.45) is 1.30. The van der Waals surface area contributed by atoms with E-state index in [1.165, 1.54) is 22.3 Å². The third kappa shape index (κ3) is 5.60. The third-order valence-corrected chi connectivity index (χ3v) is 11.4.